The first-order valence-corrected chi connectivity index (χ1v) is 7.45. The smallest absolute Gasteiger partial charge is 0.267 e. The number of likely N-dealkylation sites (tertiary alicyclic amines) is 1. The van der Waals surface area contributed by atoms with Gasteiger partial charge in [0.15, 0.2) is 0 Å². The van der Waals surface area contributed by atoms with Crippen molar-refractivity contribution in [3.8, 4) is 0 Å². The van der Waals surface area contributed by atoms with E-state index in [1.807, 2.05) is 6.92 Å². The summed E-state index contributed by atoms with van der Waals surface area (Å²) in [6, 6.07) is 0.866. The van der Waals surface area contributed by atoms with Gasteiger partial charge in [-0.3, -0.25) is 9.48 Å². The van der Waals surface area contributed by atoms with Gasteiger partial charge in [-0.05, 0) is 6.07 Å². The van der Waals surface area contributed by atoms with Gasteiger partial charge in [0.25, 0.3) is 5.92 Å². The minimum absolute atomic E-state index is 0.0754. The van der Waals surface area contributed by atoms with E-state index >= 15 is 0 Å². The van der Waals surface area contributed by atoms with Crippen molar-refractivity contribution in [2.75, 3.05) is 6.54 Å². The second-order valence-electron chi connectivity index (χ2n) is 5.50. The van der Waals surface area contributed by atoms with Crippen molar-refractivity contribution in [3.05, 3.63) is 30.2 Å². The molecule has 1 saturated heterocycles. The van der Waals surface area contributed by atoms with E-state index in [0.29, 0.717) is 18.9 Å². The molecule has 1 fully saturated rings. The summed E-state index contributed by atoms with van der Waals surface area (Å²) in [6.45, 7) is 1.54. The minimum atomic E-state index is -2.95. The second kappa shape index (κ2) is 6.05. The van der Waals surface area contributed by atoms with Crippen LogP contribution in [0, 0.1) is 0 Å². The molecule has 0 N–H and O–H groups in total. The van der Waals surface area contributed by atoms with Crippen LogP contribution in [0.15, 0.2) is 22.9 Å². The van der Waals surface area contributed by atoms with E-state index in [2.05, 4.69) is 15.3 Å². The van der Waals surface area contributed by atoms with Gasteiger partial charge >= 0.3 is 0 Å². The van der Waals surface area contributed by atoms with Crippen molar-refractivity contribution in [2.24, 2.45) is 0 Å². The lowest BCUT2D eigenvalue weighted by Crippen LogP contribution is -2.33. The predicted octanol–water partition coefficient (Wildman–Crippen LogP) is 1.83. The van der Waals surface area contributed by atoms with Gasteiger partial charge in [-0.25, -0.2) is 8.78 Å². The van der Waals surface area contributed by atoms with Crippen molar-refractivity contribution in [1.29, 1.82) is 0 Å². The molecule has 0 aliphatic carbocycles. The molecule has 1 aliphatic heterocycles. The average Bonchev–Trinajstić information content (AvgIpc) is 3.23. The molecule has 3 heterocycles. The normalized spacial score (nSPS) is 20.1. The number of alkyl halides is 2. The molecule has 0 saturated carbocycles. The van der Waals surface area contributed by atoms with Gasteiger partial charge < -0.3 is 9.32 Å². The van der Waals surface area contributed by atoms with Crippen LogP contribution >= 0.6 is 0 Å². The maximum Gasteiger partial charge on any atom is 0.267 e. The molecule has 0 radical (unpaired) electrons. The van der Waals surface area contributed by atoms with Crippen molar-refractivity contribution in [2.45, 2.75) is 44.7 Å². The Bertz CT molecular complexity index is 671. The number of nitrogens with zero attached hydrogens (tertiary/aromatic N) is 5. The van der Waals surface area contributed by atoms with E-state index in [0.717, 1.165) is 4.90 Å². The summed E-state index contributed by atoms with van der Waals surface area (Å²) in [6.07, 6.45) is 3.43. The van der Waals surface area contributed by atoms with Crippen LogP contribution < -0.4 is 0 Å². The molecule has 0 spiro atoms. The molecule has 124 valence electrons. The van der Waals surface area contributed by atoms with E-state index in [1.165, 1.54) is 0 Å². The van der Waals surface area contributed by atoms with Crippen LogP contribution in [0.5, 0.6) is 0 Å². The Morgan fingerprint density at radius 3 is 2.96 bits per heavy atom. The van der Waals surface area contributed by atoms with Gasteiger partial charge in [0.1, 0.15) is 6.04 Å². The first kappa shape index (κ1) is 15.6. The van der Waals surface area contributed by atoms with Gasteiger partial charge in [-0.1, -0.05) is 6.92 Å². The zero-order chi connectivity index (χ0) is 16.4. The Hall–Kier alpha value is -2.32. The lowest BCUT2D eigenvalue weighted by molar-refractivity contribution is -0.134. The summed E-state index contributed by atoms with van der Waals surface area (Å²) >= 11 is 0. The number of amides is 1. The molecule has 2 aromatic heterocycles. The van der Waals surface area contributed by atoms with Crippen molar-refractivity contribution < 1.29 is 18.0 Å². The fraction of sp³-hybridized carbons (Fsp3) is 0.571. The SMILES string of the molecule is CCc1nnc([C@@H]2CC(F)(F)CN2C(=O)CCn2cccn2)o1. The Labute approximate surface area is 131 Å². The Kier molecular flexibility index (Phi) is 4.10. The molecule has 0 aromatic carbocycles. The molecule has 23 heavy (non-hydrogen) atoms. The predicted molar refractivity (Wildman–Crippen MR) is 74.5 cm³/mol. The maximum absolute atomic E-state index is 13.8. The number of carbonyl (C=O) groups is 1. The van der Waals surface area contributed by atoms with Crippen LogP contribution in [0.2, 0.25) is 0 Å². The molecule has 1 amide bonds. The number of halogens is 2. The highest BCUT2D eigenvalue weighted by Crippen LogP contribution is 2.40. The summed E-state index contributed by atoms with van der Waals surface area (Å²) in [4.78, 5) is 13.5. The Balaban J connectivity index is 1.73. The first-order chi connectivity index (χ1) is 11.0. The number of hydrogen-bond acceptors (Lipinski definition) is 5. The monoisotopic (exact) mass is 325 g/mol. The van der Waals surface area contributed by atoms with E-state index in [-0.39, 0.29) is 18.2 Å². The van der Waals surface area contributed by atoms with Crippen LogP contribution in [0.1, 0.15) is 37.6 Å². The topological polar surface area (TPSA) is 77.1 Å². The van der Waals surface area contributed by atoms with E-state index in [1.54, 1.807) is 23.1 Å². The quantitative estimate of drug-likeness (QED) is 0.838. The van der Waals surface area contributed by atoms with Gasteiger partial charge in [0.05, 0.1) is 6.54 Å². The molecule has 9 heteroatoms. The number of rotatable bonds is 5. The maximum atomic E-state index is 13.8. The van der Waals surface area contributed by atoms with Gasteiger partial charge in [-0.15, -0.1) is 10.2 Å². The largest absolute Gasteiger partial charge is 0.423 e. The van der Waals surface area contributed by atoms with Crippen molar-refractivity contribution in [3.63, 3.8) is 0 Å². The minimum Gasteiger partial charge on any atom is -0.423 e. The molecule has 1 aliphatic rings. The standard InChI is InChI=1S/C14H17F2N5O2/c1-2-11-18-19-13(23-11)10-8-14(15,16)9-21(10)12(22)4-7-20-6-3-5-17-20/h3,5-6,10H,2,4,7-9H2,1H3/t10-/m0/s1. The zero-order valence-corrected chi connectivity index (χ0v) is 12.7. The molecule has 0 bridgehead atoms. The van der Waals surface area contributed by atoms with E-state index in [9.17, 15) is 13.6 Å². The lowest BCUT2D eigenvalue weighted by Gasteiger charge is -2.21. The molecule has 1 atom stereocenters. The highest BCUT2D eigenvalue weighted by molar-refractivity contribution is 5.77. The highest BCUT2D eigenvalue weighted by Gasteiger charge is 2.49. The van der Waals surface area contributed by atoms with E-state index < -0.39 is 24.9 Å². The fourth-order valence-corrected chi connectivity index (χ4v) is 2.63. The van der Waals surface area contributed by atoms with Gasteiger partial charge in [-0.2, -0.15) is 5.10 Å². The summed E-state index contributed by atoms with van der Waals surface area (Å²) < 4.78 is 34.5. The third-order valence-electron chi connectivity index (χ3n) is 3.77. The number of aryl methyl sites for hydroxylation is 2. The van der Waals surface area contributed by atoms with Crippen molar-refractivity contribution in [1.82, 2.24) is 24.9 Å². The van der Waals surface area contributed by atoms with E-state index in [4.69, 9.17) is 4.42 Å². The molecule has 2 aromatic rings. The van der Waals surface area contributed by atoms with Crippen molar-refractivity contribution >= 4 is 5.91 Å². The van der Waals surface area contributed by atoms with Crippen LogP contribution in [-0.2, 0) is 17.8 Å². The van der Waals surface area contributed by atoms with Gasteiger partial charge in [0, 0.05) is 38.2 Å². The van der Waals surface area contributed by atoms with Crippen LogP contribution in [0.3, 0.4) is 0 Å². The summed E-state index contributed by atoms with van der Waals surface area (Å²) in [5.74, 6) is -2.88. The molecular formula is C14H17F2N5O2. The molecule has 3 rings (SSSR count). The number of aromatic nitrogens is 4. The van der Waals surface area contributed by atoms with Crippen LogP contribution in [0.25, 0.3) is 0 Å². The second-order valence-corrected chi connectivity index (χ2v) is 5.50. The third-order valence-corrected chi connectivity index (χ3v) is 3.77. The Morgan fingerprint density at radius 2 is 2.30 bits per heavy atom. The summed E-state index contributed by atoms with van der Waals surface area (Å²) in [7, 11) is 0. The van der Waals surface area contributed by atoms with Crippen LogP contribution in [-0.4, -0.2) is 43.3 Å². The molecule has 0 unspecified atom stereocenters. The van der Waals surface area contributed by atoms with Crippen LogP contribution in [0.4, 0.5) is 8.78 Å². The molecular weight excluding hydrogens is 308 g/mol. The fourth-order valence-electron chi connectivity index (χ4n) is 2.63. The lowest BCUT2D eigenvalue weighted by atomic mass is 10.2. The number of carbonyl (C=O) groups excluding carboxylic acids is 1. The molecule has 7 nitrogen and oxygen atoms in total. The highest BCUT2D eigenvalue weighted by atomic mass is 19.3. The first-order valence-electron chi connectivity index (χ1n) is 7.45. The number of hydrogen-bond donors (Lipinski definition) is 0. The summed E-state index contributed by atoms with van der Waals surface area (Å²) in [5.41, 5.74) is 0. The third kappa shape index (κ3) is 3.38. The average molecular weight is 325 g/mol. The summed E-state index contributed by atoms with van der Waals surface area (Å²) in [5, 5.41) is 11.6. The zero-order valence-electron chi connectivity index (χ0n) is 12.7. The van der Waals surface area contributed by atoms with Gasteiger partial charge in [0.2, 0.25) is 17.7 Å². The Morgan fingerprint density at radius 1 is 1.48 bits per heavy atom.